The number of nitriles is 1. The molecule has 2 N–H and O–H groups in total. The van der Waals surface area contributed by atoms with Gasteiger partial charge in [0.2, 0.25) is 0 Å². The van der Waals surface area contributed by atoms with Crippen LogP contribution in [0.3, 0.4) is 0 Å². The van der Waals surface area contributed by atoms with Gasteiger partial charge in [-0.1, -0.05) is 11.6 Å². The predicted octanol–water partition coefficient (Wildman–Crippen LogP) is 3.02. The number of benzene rings is 1. The van der Waals surface area contributed by atoms with E-state index in [1.54, 1.807) is 6.07 Å². The van der Waals surface area contributed by atoms with Crippen molar-refractivity contribution in [1.82, 2.24) is 9.97 Å². The van der Waals surface area contributed by atoms with E-state index in [4.69, 9.17) is 22.6 Å². The Hall–Kier alpha value is -1.84. The smallest absolute Gasteiger partial charge is 0.145 e. The second-order valence-corrected chi connectivity index (χ2v) is 5.02. The van der Waals surface area contributed by atoms with Crippen LogP contribution in [0.15, 0.2) is 29.3 Å². The Morgan fingerprint density at radius 3 is 2.89 bits per heavy atom. The third kappa shape index (κ3) is 3.34. The topological polar surface area (TPSA) is 75.6 Å². The molecule has 2 rings (SSSR count). The molecule has 19 heavy (non-hydrogen) atoms. The van der Waals surface area contributed by atoms with Crippen LogP contribution in [0.5, 0.6) is 0 Å². The number of aromatic nitrogens is 2. The third-order valence-corrected chi connectivity index (χ3v) is 3.53. The van der Waals surface area contributed by atoms with Crippen molar-refractivity contribution >= 4 is 29.2 Å². The summed E-state index contributed by atoms with van der Waals surface area (Å²) in [6.45, 7) is 0. The van der Waals surface area contributed by atoms with E-state index in [-0.39, 0.29) is 16.4 Å². The Bertz CT molecular complexity index is 657. The minimum absolute atomic E-state index is 0.0743. The molecule has 0 aliphatic rings. The highest BCUT2D eigenvalue weighted by Gasteiger charge is 2.06. The zero-order valence-electron chi connectivity index (χ0n) is 9.60. The summed E-state index contributed by atoms with van der Waals surface area (Å²) in [7, 11) is 0. The SMILES string of the molecule is N#Cc1cnc(CSc2ccc(F)c(Cl)c2)nc1N. The summed E-state index contributed by atoms with van der Waals surface area (Å²) in [4.78, 5) is 8.84. The fraction of sp³-hybridized carbons (Fsp3) is 0.0833. The van der Waals surface area contributed by atoms with Gasteiger partial charge in [-0.05, 0) is 18.2 Å². The van der Waals surface area contributed by atoms with Crippen LogP contribution in [-0.4, -0.2) is 9.97 Å². The molecule has 0 bridgehead atoms. The van der Waals surface area contributed by atoms with Crippen LogP contribution in [0, 0.1) is 17.1 Å². The van der Waals surface area contributed by atoms with Gasteiger partial charge < -0.3 is 5.73 Å². The third-order valence-electron chi connectivity index (χ3n) is 2.25. The number of thioether (sulfide) groups is 1. The molecular formula is C12H8ClFN4S. The lowest BCUT2D eigenvalue weighted by Gasteiger charge is -2.03. The lowest BCUT2D eigenvalue weighted by atomic mass is 10.3. The summed E-state index contributed by atoms with van der Waals surface area (Å²) in [5.41, 5.74) is 5.84. The van der Waals surface area contributed by atoms with Crippen LogP contribution in [0.25, 0.3) is 0 Å². The van der Waals surface area contributed by atoms with Crippen LogP contribution in [0.4, 0.5) is 10.2 Å². The monoisotopic (exact) mass is 294 g/mol. The van der Waals surface area contributed by atoms with Crippen molar-refractivity contribution in [3.8, 4) is 6.07 Å². The first-order valence-electron chi connectivity index (χ1n) is 5.19. The van der Waals surface area contributed by atoms with Gasteiger partial charge in [-0.2, -0.15) is 5.26 Å². The van der Waals surface area contributed by atoms with Gasteiger partial charge in [-0.3, -0.25) is 0 Å². The largest absolute Gasteiger partial charge is 0.382 e. The quantitative estimate of drug-likeness (QED) is 0.881. The minimum Gasteiger partial charge on any atom is -0.382 e. The minimum atomic E-state index is -0.454. The van der Waals surface area contributed by atoms with E-state index in [1.807, 2.05) is 6.07 Å². The molecule has 7 heteroatoms. The molecule has 0 atom stereocenters. The first kappa shape index (κ1) is 13.6. The normalized spacial score (nSPS) is 10.2. The van der Waals surface area contributed by atoms with Gasteiger partial charge in [0, 0.05) is 4.90 Å². The number of hydrogen-bond acceptors (Lipinski definition) is 5. The maximum Gasteiger partial charge on any atom is 0.145 e. The van der Waals surface area contributed by atoms with Gasteiger partial charge >= 0.3 is 0 Å². The summed E-state index contributed by atoms with van der Waals surface area (Å²) >= 11 is 7.09. The van der Waals surface area contributed by atoms with Gasteiger partial charge in [-0.15, -0.1) is 11.8 Å². The van der Waals surface area contributed by atoms with Crippen LogP contribution in [0.1, 0.15) is 11.4 Å². The van der Waals surface area contributed by atoms with E-state index in [2.05, 4.69) is 9.97 Å². The second-order valence-electron chi connectivity index (χ2n) is 3.56. The van der Waals surface area contributed by atoms with Gasteiger partial charge in [0.1, 0.15) is 29.1 Å². The number of nitrogens with zero attached hydrogens (tertiary/aromatic N) is 3. The lowest BCUT2D eigenvalue weighted by molar-refractivity contribution is 0.627. The number of hydrogen-bond donors (Lipinski definition) is 1. The first-order chi connectivity index (χ1) is 9.10. The van der Waals surface area contributed by atoms with E-state index in [1.165, 1.54) is 30.1 Å². The van der Waals surface area contributed by atoms with Crippen molar-refractivity contribution in [3.63, 3.8) is 0 Å². The van der Waals surface area contributed by atoms with Crippen LogP contribution >= 0.6 is 23.4 Å². The van der Waals surface area contributed by atoms with E-state index in [9.17, 15) is 4.39 Å². The van der Waals surface area contributed by atoms with E-state index >= 15 is 0 Å². The van der Waals surface area contributed by atoms with E-state index < -0.39 is 5.82 Å². The van der Waals surface area contributed by atoms with Crippen molar-refractivity contribution in [2.24, 2.45) is 0 Å². The molecule has 0 aliphatic heterocycles. The fourth-order valence-corrected chi connectivity index (χ4v) is 2.35. The average Bonchev–Trinajstić information content (AvgIpc) is 2.40. The van der Waals surface area contributed by atoms with Crippen molar-refractivity contribution in [1.29, 1.82) is 5.26 Å². The highest BCUT2D eigenvalue weighted by molar-refractivity contribution is 7.98. The Morgan fingerprint density at radius 2 is 2.26 bits per heavy atom. The van der Waals surface area contributed by atoms with Crippen molar-refractivity contribution in [2.45, 2.75) is 10.6 Å². The van der Waals surface area contributed by atoms with Crippen molar-refractivity contribution < 1.29 is 4.39 Å². The molecule has 0 amide bonds. The molecular weight excluding hydrogens is 287 g/mol. The molecule has 1 aromatic carbocycles. The zero-order valence-corrected chi connectivity index (χ0v) is 11.2. The number of anilines is 1. The number of nitrogen functional groups attached to an aromatic ring is 1. The number of halogens is 2. The molecule has 0 radical (unpaired) electrons. The van der Waals surface area contributed by atoms with Crippen LogP contribution in [-0.2, 0) is 5.75 Å². The molecule has 0 spiro atoms. The first-order valence-corrected chi connectivity index (χ1v) is 6.56. The summed E-state index contributed by atoms with van der Waals surface area (Å²) in [6, 6.07) is 6.36. The van der Waals surface area contributed by atoms with Gasteiger partial charge in [-0.25, -0.2) is 14.4 Å². The predicted molar refractivity (Wildman–Crippen MR) is 72.1 cm³/mol. The highest BCUT2D eigenvalue weighted by atomic mass is 35.5. The summed E-state index contributed by atoms with van der Waals surface area (Å²) in [5, 5.41) is 8.78. The fourth-order valence-electron chi connectivity index (χ4n) is 1.30. The van der Waals surface area contributed by atoms with Gasteiger partial charge in [0.25, 0.3) is 0 Å². The molecule has 0 saturated carbocycles. The average molecular weight is 295 g/mol. The summed E-state index contributed by atoms with van der Waals surface area (Å²) in [6.07, 6.45) is 1.38. The van der Waals surface area contributed by atoms with Crippen molar-refractivity contribution in [2.75, 3.05) is 5.73 Å². The molecule has 96 valence electrons. The lowest BCUT2D eigenvalue weighted by Crippen LogP contribution is -2.00. The molecule has 2 aromatic rings. The molecule has 4 nitrogen and oxygen atoms in total. The maximum absolute atomic E-state index is 13.0. The maximum atomic E-state index is 13.0. The highest BCUT2D eigenvalue weighted by Crippen LogP contribution is 2.26. The van der Waals surface area contributed by atoms with Crippen LogP contribution < -0.4 is 5.73 Å². The standard InChI is InChI=1S/C12H8ClFN4S/c13-9-3-8(1-2-10(9)14)19-6-11-17-5-7(4-15)12(16)18-11/h1-3,5H,6H2,(H2,16,17,18). The van der Waals surface area contributed by atoms with E-state index in [0.717, 1.165) is 4.90 Å². The zero-order chi connectivity index (χ0) is 13.8. The Kier molecular flexibility index (Phi) is 4.20. The summed E-state index contributed by atoms with van der Waals surface area (Å²) < 4.78 is 13.0. The molecule has 1 aromatic heterocycles. The Labute approximate surface area is 118 Å². The summed E-state index contributed by atoms with van der Waals surface area (Å²) in [5.74, 6) is 0.662. The molecule has 0 aliphatic carbocycles. The Morgan fingerprint density at radius 1 is 1.47 bits per heavy atom. The molecule has 0 fully saturated rings. The van der Waals surface area contributed by atoms with Crippen molar-refractivity contribution in [3.05, 3.63) is 46.6 Å². The Balaban J connectivity index is 2.08. The number of rotatable bonds is 3. The molecule has 0 unspecified atom stereocenters. The molecule has 1 heterocycles. The van der Waals surface area contributed by atoms with Crippen LogP contribution in [0.2, 0.25) is 5.02 Å². The van der Waals surface area contributed by atoms with Gasteiger partial charge in [0.05, 0.1) is 17.0 Å². The second kappa shape index (κ2) is 5.87. The van der Waals surface area contributed by atoms with Gasteiger partial charge in [0.15, 0.2) is 0 Å². The van der Waals surface area contributed by atoms with E-state index in [0.29, 0.717) is 11.6 Å². The molecule has 0 saturated heterocycles. The number of nitrogens with two attached hydrogens (primary N) is 1.